The predicted octanol–water partition coefficient (Wildman–Crippen LogP) is 1.83. The van der Waals surface area contributed by atoms with Gasteiger partial charge < -0.3 is 5.32 Å². The molecule has 0 fully saturated rings. The van der Waals surface area contributed by atoms with Crippen LogP contribution in [0.25, 0.3) is 5.69 Å². The van der Waals surface area contributed by atoms with Crippen LogP contribution in [0.1, 0.15) is 5.69 Å². The molecule has 0 aromatic carbocycles. The van der Waals surface area contributed by atoms with Crippen LogP contribution in [0, 0.1) is 0 Å². The van der Waals surface area contributed by atoms with E-state index in [4.69, 9.17) is 0 Å². The molecule has 20 heavy (non-hydrogen) atoms. The third-order valence-electron chi connectivity index (χ3n) is 2.52. The van der Waals surface area contributed by atoms with Crippen molar-refractivity contribution in [2.75, 3.05) is 5.32 Å². The highest BCUT2D eigenvalue weighted by Gasteiger charge is 2.03. The molecule has 0 unspecified atom stereocenters. The van der Waals surface area contributed by atoms with E-state index in [2.05, 4.69) is 46.5 Å². The zero-order valence-electron chi connectivity index (χ0n) is 10.3. The molecule has 0 atom stereocenters. The van der Waals surface area contributed by atoms with Crippen molar-refractivity contribution in [3.63, 3.8) is 0 Å². The Morgan fingerprint density at radius 3 is 2.65 bits per heavy atom. The van der Waals surface area contributed by atoms with Crippen molar-refractivity contribution >= 4 is 21.9 Å². The Balaban J connectivity index is 1.67. The average Bonchev–Trinajstić information content (AvgIpc) is 2.97. The van der Waals surface area contributed by atoms with Gasteiger partial charge in [0.25, 0.3) is 0 Å². The van der Waals surface area contributed by atoms with Gasteiger partial charge in [0.15, 0.2) is 0 Å². The summed E-state index contributed by atoms with van der Waals surface area (Å²) in [4.78, 5) is 12.2. The molecule has 7 nitrogen and oxygen atoms in total. The number of pyridine rings is 1. The van der Waals surface area contributed by atoms with Gasteiger partial charge in [-0.2, -0.15) is 0 Å². The summed E-state index contributed by atoms with van der Waals surface area (Å²) in [7, 11) is 0. The SMILES string of the molecule is Brc1cnc(NCc2cn(-c3ccncc3)nn2)nc1. The molecule has 3 aromatic heterocycles. The van der Waals surface area contributed by atoms with Crippen molar-refractivity contribution < 1.29 is 0 Å². The highest BCUT2D eigenvalue weighted by molar-refractivity contribution is 9.10. The Hall–Kier alpha value is -2.35. The molecule has 0 saturated heterocycles. The van der Waals surface area contributed by atoms with Crippen LogP contribution in [0.5, 0.6) is 0 Å². The number of nitrogens with one attached hydrogen (secondary N) is 1. The second-order valence-corrected chi connectivity index (χ2v) is 4.85. The summed E-state index contributed by atoms with van der Waals surface area (Å²) in [6.07, 6.45) is 8.64. The van der Waals surface area contributed by atoms with Crippen LogP contribution < -0.4 is 5.32 Å². The topological polar surface area (TPSA) is 81.4 Å². The smallest absolute Gasteiger partial charge is 0.222 e. The quantitative estimate of drug-likeness (QED) is 0.785. The van der Waals surface area contributed by atoms with E-state index < -0.39 is 0 Å². The maximum atomic E-state index is 4.13. The van der Waals surface area contributed by atoms with Crippen LogP contribution in [0.3, 0.4) is 0 Å². The minimum atomic E-state index is 0.507. The van der Waals surface area contributed by atoms with E-state index in [0.717, 1.165) is 15.9 Å². The van der Waals surface area contributed by atoms with Gasteiger partial charge in [-0.1, -0.05) is 5.21 Å². The van der Waals surface area contributed by atoms with E-state index in [1.165, 1.54) is 0 Å². The summed E-state index contributed by atoms with van der Waals surface area (Å²) in [5, 5.41) is 11.2. The monoisotopic (exact) mass is 331 g/mol. The minimum Gasteiger partial charge on any atom is -0.348 e. The Bertz CT molecular complexity index is 681. The number of hydrogen-bond donors (Lipinski definition) is 1. The maximum Gasteiger partial charge on any atom is 0.222 e. The van der Waals surface area contributed by atoms with E-state index in [1.54, 1.807) is 29.5 Å². The van der Waals surface area contributed by atoms with Crippen molar-refractivity contribution in [2.45, 2.75) is 6.54 Å². The van der Waals surface area contributed by atoms with Crippen LogP contribution in [-0.4, -0.2) is 29.9 Å². The van der Waals surface area contributed by atoms with Crippen LogP contribution in [0.4, 0.5) is 5.95 Å². The van der Waals surface area contributed by atoms with E-state index in [0.29, 0.717) is 12.5 Å². The number of nitrogens with zero attached hydrogens (tertiary/aromatic N) is 6. The normalized spacial score (nSPS) is 10.4. The first-order valence-electron chi connectivity index (χ1n) is 5.84. The molecule has 3 heterocycles. The molecule has 3 aromatic rings. The fraction of sp³-hybridized carbons (Fsp3) is 0.0833. The van der Waals surface area contributed by atoms with Gasteiger partial charge in [0, 0.05) is 24.8 Å². The molecule has 0 saturated carbocycles. The minimum absolute atomic E-state index is 0.507. The maximum absolute atomic E-state index is 4.13. The van der Waals surface area contributed by atoms with E-state index in [9.17, 15) is 0 Å². The van der Waals surface area contributed by atoms with Gasteiger partial charge in [0.2, 0.25) is 5.95 Å². The lowest BCUT2D eigenvalue weighted by Crippen LogP contribution is -2.03. The van der Waals surface area contributed by atoms with Crippen molar-refractivity contribution in [1.82, 2.24) is 29.9 Å². The fourth-order valence-corrected chi connectivity index (χ4v) is 1.78. The van der Waals surface area contributed by atoms with E-state index in [1.807, 2.05) is 18.3 Å². The van der Waals surface area contributed by atoms with Gasteiger partial charge in [-0.15, -0.1) is 5.10 Å². The lowest BCUT2D eigenvalue weighted by atomic mass is 10.4. The molecule has 0 aliphatic rings. The number of halogens is 1. The Labute approximate surface area is 123 Å². The first-order chi connectivity index (χ1) is 9.81. The van der Waals surface area contributed by atoms with E-state index in [-0.39, 0.29) is 0 Å². The summed E-state index contributed by atoms with van der Waals surface area (Å²) in [5.41, 5.74) is 1.71. The average molecular weight is 332 g/mol. The molecule has 0 radical (unpaired) electrons. The molecule has 1 N–H and O–H groups in total. The van der Waals surface area contributed by atoms with Crippen molar-refractivity contribution in [1.29, 1.82) is 0 Å². The second kappa shape index (κ2) is 5.74. The summed E-state index contributed by atoms with van der Waals surface area (Å²) in [6.45, 7) is 0.507. The zero-order valence-corrected chi connectivity index (χ0v) is 11.9. The molecule has 0 aliphatic carbocycles. The van der Waals surface area contributed by atoms with Gasteiger partial charge >= 0.3 is 0 Å². The van der Waals surface area contributed by atoms with Crippen molar-refractivity contribution in [3.8, 4) is 5.69 Å². The third kappa shape index (κ3) is 2.97. The molecular formula is C12H10BrN7. The van der Waals surface area contributed by atoms with Crippen LogP contribution >= 0.6 is 15.9 Å². The molecule has 0 spiro atoms. The summed E-state index contributed by atoms with van der Waals surface area (Å²) in [5.74, 6) is 0.548. The first-order valence-corrected chi connectivity index (χ1v) is 6.63. The Morgan fingerprint density at radius 1 is 1.15 bits per heavy atom. The molecule has 0 aliphatic heterocycles. The number of hydrogen-bond acceptors (Lipinski definition) is 6. The number of aromatic nitrogens is 6. The molecular weight excluding hydrogens is 322 g/mol. The van der Waals surface area contributed by atoms with Gasteiger partial charge in [0.1, 0.15) is 5.69 Å². The summed E-state index contributed by atoms with van der Waals surface area (Å²) >= 11 is 3.29. The number of rotatable bonds is 4. The van der Waals surface area contributed by atoms with Crippen LogP contribution in [0.2, 0.25) is 0 Å². The number of anilines is 1. The van der Waals surface area contributed by atoms with E-state index >= 15 is 0 Å². The zero-order chi connectivity index (χ0) is 13.8. The summed E-state index contributed by atoms with van der Waals surface area (Å²) in [6, 6.07) is 3.73. The second-order valence-electron chi connectivity index (χ2n) is 3.94. The first kappa shape index (κ1) is 12.7. The van der Waals surface area contributed by atoms with Gasteiger partial charge in [-0.3, -0.25) is 4.98 Å². The lowest BCUT2D eigenvalue weighted by molar-refractivity contribution is 0.796. The highest BCUT2D eigenvalue weighted by Crippen LogP contribution is 2.08. The predicted molar refractivity (Wildman–Crippen MR) is 76.2 cm³/mol. The molecule has 8 heteroatoms. The van der Waals surface area contributed by atoms with Crippen molar-refractivity contribution in [2.24, 2.45) is 0 Å². The highest BCUT2D eigenvalue weighted by atomic mass is 79.9. The van der Waals surface area contributed by atoms with Crippen LogP contribution in [-0.2, 0) is 6.54 Å². The molecule has 0 amide bonds. The van der Waals surface area contributed by atoms with Gasteiger partial charge in [-0.05, 0) is 28.1 Å². The lowest BCUT2D eigenvalue weighted by Gasteiger charge is -2.01. The molecule has 100 valence electrons. The summed E-state index contributed by atoms with van der Waals surface area (Å²) < 4.78 is 2.54. The Morgan fingerprint density at radius 2 is 1.90 bits per heavy atom. The van der Waals surface area contributed by atoms with Crippen LogP contribution in [0.15, 0.2) is 47.6 Å². The van der Waals surface area contributed by atoms with Crippen molar-refractivity contribution in [3.05, 3.63) is 53.3 Å². The van der Waals surface area contributed by atoms with Gasteiger partial charge in [0.05, 0.1) is 22.9 Å². The fourth-order valence-electron chi connectivity index (χ4n) is 1.58. The molecule has 3 rings (SSSR count). The van der Waals surface area contributed by atoms with Gasteiger partial charge in [-0.25, -0.2) is 14.6 Å². The third-order valence-corrected chi connectivity index (χ3v) is 2.93. The standard InChI is InChI=1S/C12H10BrN7/c13-9-5-15-12(16-6-9)17-7-10-8-20(19-18-10)11-1-3-14-4-2-11/h1-6,8H,7H2,(H,15,16,17). The Kier molecular flexibility index (Phi) is 3.64. The molecule has 0 bridgehead atoms. The largest absolute Gasteiger partial charge is 0.348 e.